The van der Waals surface area contributed by atoms with Gasteiger partial charge < -0.3 is 4.74 Å². The first-order chi connectivity index (χ1) is 31.6. The summed E-state index contributed by atoms with van der Waals surface area (Å²) in [5.41, 5.74) is 17.4. The predicted molar refractivity (Wildman–Crippen MR) is 258 cm³/mol. The summed E-state index contributed by atoms with van der Waals surface area (Å²) in [5.74, 6) is 1.35. The minimum Gasteiger partial charge on any atom is -0.496 e. The van der Waals surface area contributed by atoms with Crippen molar-refractivity contribution in [3.05, 3.63) is 217 Å². The van der Waals surface area contributed by atoms with Crippen molar-refractivity contribution in [2.24, 2.45) is 0 Å². The third kappa shape index (κ3) is 7.37. The van der Waals surface area contributed by atoms with Crippen molar-refractivity contribution in [1.82, 2.24) is 14.5 Å². The molecule has 0 aliphatic heterocycles. The van der Waals surface area contributed by atoms with E-state index in [9.17, 15) is 0 Å². The van der Waals surface area contributed by atoms with Crippen molar-refractivity contribution in [2.45, 2.75) is 20.7 Å². The minimum absolute atomic E-state index is 0.243. The Morgan fingerprint density at radius 3 is 1.73 bits per heavy atom. The highest BCUT2D eigenvalue weighted by Crippen LogP contribution is 2.42. The number of methoxy groups -OCH3 is 1. The molecular weight excluding hydrogens is 755 g/mol. The fourth-order valence-corrected chi connectivity index (χ4v) is 8.69. The molecule has 0 radical (unpaired) electrons. The Bertz CT molecular complexity index is 3340. The zero-order valence-electron chi connectivity index (χ0n) is 37.8. The van der Waals surface area contributed by atoms with E-state index in [4.69, 9.17) is 18.8 Å². The Labute approximate surface area is 367 Å². The summed E-state index contributed by atoms with van der Waals surface area (Å²) in [6.45, 7) is 1.75. The number of benzene rings is 8. The van der Waals surface area contributed by atoms with Gasteiger partial charge in [-0.1, -0.05) is 140 Å². The number of para-hydroxylation sites is 1. The number of nitrogens with zero attached hydrogens (tertiary/aromatic N) is 3. The van der Waals surface area contributed by atoms with Crippen LogP contribution in [0, 0.1) is 20.7 Å². The number of rotatable bonds is 9. The van der Waals surface area contributed by atoms with Gasteiger partial charge in [0, 0.05) is 27.1 Å². The number of pyridine rings is 1. The Morgan fingerprint density at radius 1 is 0.468 bits per heavy atom. The van der Waals surface area contributed by atoms with Crippen LogP contribution in [0.15, 0.2) is 200 Å². The van der Waals surface area contributed by atoms with E-state index in [1.165, 1.54) is 11.1 Å². The van der Waals surface area contributed by atoms with E-state index in [2.05, 4.69) is 151 Å². The lowest BCUT2D eigenvalue weighted by molar-refractivity contribution is 0.413. The van der Waals surface area contributed by atoms with Gasteiger partial charge in [0.25, 0.3) is 0 Å². The molecular formula is C58H45N3O. The molecule has 0 amide bonds. The van der Waals surface area contributed by atoms with Crippen LogP contribution in [0.1, 0.15) is 20.8 Å². The van der Waals surface area contributed by atoms with Gasteiger partial charge in [-0.2, -0.15) is 0 Å². The molecule has 0 unspecified atom stereocenters. The third-order valence-electron chi connectivity index (χ3n) is 11.6. The van der Waals surface area contributed by atoms with Gasteiger partial charge in [0.1, 0.15) is 11.6 Å². The van der Waals surface area contributed by atoms with Crippen LogP contribution in [-0.4, -0.2) is 21.6 Å². The minimum atomic E-state index is -2.36. The zero-order chi connectivity index (χ0) is 44.7. The fourth-order valence-electron chi connectivity index (χ4n) is 8.69. The standard InChI is InChI=1S/C58H45N3O/c1-38-29-40(3)57(62-4)53(32-38)58-60-56-52(21-14-22-55(56)61(58)51-31-39(2)30-47(36-51)42-17-10-6-11-18-42)49-33-48(43-19-12-7-13-20-43)34-50(35-49)54-37-46(27-28-59-54)45-25-23-44(24-26-45)41-15-8-5-9-16-41/h5-37H,1-4H3/i2D3. The Balaban J connectivity index is 1.19. The highest BCUT2D eigenvalue weighted by atomic mass is 16.5. The molecule has 0 saturated heterocycles. The number of ether oxygens (including phenoxy) is 1. The first-order valence-corrected chi connectivity index (χ1v) is 20.8. The summed E-state index contributed by atoms with van der Waals surface area (Å²) in [5, 5.41) is 0. The quantitative estimate of drug-likeness (QED) is 0.146. The normalized spacial score (nSPS) is 12.1. The molecule has 4 nitrogen and oxygen atoms in total. The van der Waals surface area contributed by atoms with Crippen LogP contribution in [0.5, 0.6) is 5.75 Å². The maximum absolute atomic E-state index is 8.57. The van der Waals surface area contributed by atoms with E-state index in [1.54, 1.807) is 19.2 Å². The topological polar surface area (TPSA) is 39.9 Å². The molecule has 0 atom stereocenters. The van der Waals surface area contributed by atoms with E-state index in [1.807, 2.05) is 55.6 Å². The number of fused-ring (bicyclic) bond motifs is 1. The summed E-state index contributed by atoms with van der Waals surface area (Å²) in [6.07, 6.45) is 1.88. The molecule has 298 valence electrons. The molecule has 10 rings (SSSR count). The second-order valence-electron chi connectivity index (χ2n) is 15.8. The van der Waals surface area contributed by atoms with Gasteiger partial charge in [0.2, 0.25) is 0 Å². The Kier molecular flexibility index (Phi) is 9.21. The zero-order valence-corrected chi connectivity index (χ0v) is 34.8. The lowest BCUT2D eigenvalue weighted by Crippen LogP contribution is -2.01. The summed E-state index contributed by atoms with van der Waals surface area (Å²) >= 11 is 0. The molecule has 0 aliphatic rings. The molecule has 62 heavy (non-hydrogen) atoms. The van der Waals surface area contributed by atoms with Crippen LogP contribution in [0.3, 0.4) is 0 Å². The number of imidazole rings is 1. The lowest BCUT2D eigenvalue weighted by Gasteiger charge is -2.16. The summed E-state index contributed by atoms with van der Waals surface area (Å²) in [7, 11) is 1.68. The largest absolute Gasteiger partial charge is 0.496 e. The van der Waals surface area contributed by atoms with Gasteiger partial charge in [-0.3, -0.25) is 9.55 Å². The van der Waals surface area contributed by atoms with Gasteiger partial charge in [0.05, 0.1) is 29.4 Å². The van der Waals surface area contributed by atoms with E-state index >= 15 is 0 Å². The smallest absolute Gasteiger partial charge is 0.149 e. The Hall–Kier alpha value is -7.82. The van der Waals surface area contributed by atoms with Gasteiger partial charge in [-0.15, -0.1) is 0 Å². The molecule has 2 aromatic heterocycles. The number of hydrogen-bond acceptors (Lipinski definition) is 3. The van der Waals surface area contributed by atoms with Crippen LogP contribution in [0.2, 0.25) is 0 Å². The first kappa shape index (κ1) is 35.0. The predicted octanol–water partition coefficient (Wildman–Crippen LogP) is 15.0. The lowest BCUT2D eigenvalue weighted by atomic mass is 9.93. The van der Waals surface area contributed by atoms with Crippen LogP contribution in [0.25, 0.3) is 95.0 Å². The molecule has 0 N–H and O–H groups in total. The van der Waals surface area contributed by atoms with Crippen molar-refractivity contribution in [3.8, 4) is 89.7 Å². The molecule has 0 fully saturated rings. The van der Waals surface area contributed by atoms with Crippen LogP contribution < -0.4 is 4.74 Å². The average Bonchev–Trinajstić information content (AvgIpc) is 3.74. The van der Waals surface area contributed by atoms with E-state index in [-0.39, 0.29) is 5.56 Å². The van der Waals surface area contributed by atoms with Gasteiger partial charge in [-0.25, -0.2) is 4.98 Å². The van der Waals surface area contributed by atoms with Crippen LogP contribution in [-0.2, 0) is 0 Å². The van der Waals surface area contributed by atoms with Gasteiger partial charge in [0.15, 0.2) is 0 Å². The van der Waals surface area contributed by atoms with Crippen molar-refractivity contribution in [3.63, 3.8) is 0 Å². The molecule has 8 aromatic carbocycles. The van der Waals surface area contributed by atoms with E-state index in [0.717, 1.165) is 83.5 Å². The SMILES string of the molecule is [2H]C([2H])([2H])c1cc(-c2ccccc2)cc(-n2c(-c3cc(C)cc(C)c3OC)nc3c(-c4cc(-c5ccccc5)cc(-c5cc(-c6ccc(-c7ccccc7)cc6)ccn5)c4)cccc32)c1. The average molecular weight is 803 g/mol. The molecule has 10 aromatic rings. The summed E-state index contributed by atoms with van der Waals surface area (Å²) in [4.78, 5) is 10.5. The molecule has 0 bridgehead atoms. The number of hydrogen-bond donors (Lipinski definition) is 0. The maximum atomic E-state index is 8.57. The molecule has 2 heterocycles. The fraction of sp³-hybridized carbons (Fsp3) is 0.0690. The second-order valence-corrected chi connectivity index (χ2v) is 15.8. The van der Waals surface area contributed by atoms with Gasteiger partial charge >= 0.3 is 0 Å². The number of aromatic nitrogens is 3. The summed E-state index contributed by atoms with van der Waals surface area (Å²) < 4.78 is 33.9. The van der Waals surface area contributed by atoms with Crippen LogP contribution in [0.4, 0.5) is 0 Å². The number of aryl methyl sites for hydroxylation is 3. The second kappa shape index (κ2) is 16.3. The van der Waals surface area contributed by atoms with Gasteiger partial charge in [-0.05, 0) is 142 Å². The monoisotopic (exact) mass is 802 g/mol. The highest BCUT2D eigenvalue weighted by molar-refractivity contribution is 5.98. The van der Waals surface area contributed by atoms with Crippen molar-refractivity contribution in [1.29, 1.82) is 0 Å². The van der Waals surface area contributed by atoms with Crippen molar-refractivity contribution in [2.75, 3.05) is 7.11 Å². The van der Waals surface area contributed by atoms with Crippen molar-refractivity contribution >= 4 is 11.0 Å². The van der Waals surface area contributed by atoms with E-state index in [0.29, 0.717) is 17.3 Å². The Morgan fingerprint density at radius 2 is 1.06 bits per heavy atom. The third-order valence-corrected chi connectivity index (χ3v) is 11.6. The maximum Gasteiger partial charge on any atom is 0.149 e. The van der Waals surface area contributed by atoms with Crippen LogP contribution >= 0.6 is 0 Å². The highest BCUT2D eigenvalue weighted by Gasteiger charge is 2.23. The summed E-state index contributed by atoms with van der Waals surface area (Å²) in [6, 6.07) is 66.3. The molecule has 4 heteroatoms. The first-order valence-electron chi connectivity index (χ1n) is 22.3. The van der Waals surface area contributed by atoms with E-state index < -0.39 is 6.85 Å². The molecule has 0 spiro atoms. The molecule has 0 aliphatic carbocycles. The van der Waals surface area contributed by atoms with Crippen molar-refractivity contribution < 1.29 is 8.85 Å². The molecule has 0 saturated carbocycles.